The molecule has 1 N–H and O–H groups in total. The fourth-order valence-electron chi connectivity index (χ4n) is 2.59. The Morgan fingerprint density at radius 2 is 1.96 bits per heavy atom. The van der Waals surface area contributed by atoms with Crippen LogP contribution in [-0.2, 0) is 5.75 Å². The van der Waals surface area contributed by atoms with E-state index in [-0.39, 0.29) is 0 Å². The summed E-state index contributed by atoms with van der Waals surface area (Å²) in [5, 5.41) is 13.0. The van der Waals surface area contributed by atoms with Crippen LogP contribution in [0.5, 0.6) is 0 Å². The first-order chi connectivity index (χ1) is 11.7. The zero-order valence-corrected chi connectivity index (χ0v) is 13.9. The van der Waals surface area contributed by atoms with Gasteiger partial charge in [0.05, 0.1) is 17.8 Å². The number of tetrazole rings is 1. The third kappa shape index (κ3) is 2.52. The Labute approximate surface area is 141 Å². The first-order valence-corrected chi connectivity index (χ1v) is 8.33. The van der Waals surface area contributed by atoms with Crippen molar-refractivity contribution in [2.45, 2.75) is 24.6 Å². The molecular weight excluding hydrogens is 324 g/mol. The van der Waals surface area contributed by atoms with Crippen molar-refractivity contribution < 1.29 is 0 Å². The van der Waals surface area contributed by atoms with Gasteiger partial charge in [-0.2, -0.15) is 4.68 Å². The number of aromatic amines is 1. The molecule has 0 saturated carbocycles. The lowest BCUT2D eigenvalue weighted by atomic mass is 10.1. The second kappa shape index (κ2) is 6.00. The maximum Gasteiger partial charge on any atom is 0.181 e. The molecule has 0 aliphatic carbocycles. The van der Waals surface area contributed by atoms with Gasteiger partial charge in [-0.25, -0.2) is 15.0 Å². The highest BCUT2D eigenvalue weighted by molar-refractivity contribution is 7.98. The molecule has 0 unspecified atom stereocenters. The lowest BCUT2D eigenvalue weighted by Gasteiger charge is -2.10. The minimum atomic E-state index is 0.589. The molecule has 0 amide bonds. The number of hydrogen-bond acceptors (Lipinski definition) is 7. The van der Waals surface area contributed by atoms with E-state index in [0.717, 1.165) is 33.2 Å². The Morgan fingerprint density at radius 1 is 1.12 bits per heavy atom. The van der Waals surface area contributed by atoms with Crippen LogP contribution >= 0.6 is 11.8 Å². The van der Waals surface area contributed by atoms with E-state index in [9.17, 15) is 0 Å². The van der Waals surface area contributed by atoms with Gasteiger partial charge in [-0.1, -0.05) is 30.0 Å². The first-order valence-electron chi connectivity index (χ1n) is 7.35. The third-order valence-corrected chi connectivity index (χ3v) is 4.70. The largest absolute Gasteiger partial charge is 0.341 e. The van der Waals surface area contributed by atoms with Gasteiger partial charge in [0.1, 0.15) is 16.9 Å². The Bertz CT molecular complexity index is 985. The highest BCUT2D eigenvalue weighted by atomic mass is 32.2. The summed E-state index contributed by atoms with van der Waals surface area (Å²) in [4.78, 5) is 15.7. The van der Waals surface area contributed by atoms with E-state index in [1.54, 1.807) is 22.8 Å². The zero-order chi connectivity index (χ0) is 16.5. The maximum atomic E-state index is 4.32. The first kappa shape index (κ1) is 14.8. The van der Waals surface area contributed by atoms with Crippen LogP contribution in [0.15, 0.2) is 35.9 Å². The van der Waals surface area contributed by atoms with Crippen molar-refractivity contribution in [2.24, 2.45) is 0 Å². The van der Waals surface area contributed by atoms with Gasteiger partial charge in [-0.15, -0.1) is 5.10 Å². The summed E-state index contributed by atoms with van der Waals surface area (Å²) in [6.45, 7) is 4.11. The number of H-pyrrole nitrogens is 1. The Balaban J connectivity index is 1.65. The molecule has 4 aromatic rings. The van der Waals surface area contributed by atoms with Crippen molar-refractivity contribution in [3.8, 4) is 5.69 Å². The van der Waals surface area contributed by atoms with Gasteiger partial charge in [0.2, 0.25) is 0 Å². The van der Waals surface area contributed by atoms with E-state index in [1.165, 1.54) is 6.33 Å². The third-order valence-electron chi connectivity index (χ3n) is 3.71. The van der Waals surface area contributed by atoms with E-state index < -0.39 is 0 Å². The summed E-state index contributed by atoms with van der Waals surface area (Å²) in [5.41, 5.74) is 4.76. The Kier molecular flexibility index (Phi) is 3.69. The molecule has 9 heteroatoms. The minimum absolute atomic E-state index is 0.589. The molecule has 24 heavy (non-hydrogen) atoms. The summed E-state index contributed by atoms with van der Waals surface area (Å²) in [6, 6.07) is 6.14. The van der Waals surface area contributed by atoms with Gasteiger partial charge < -0.3 is 4.98 Å². The molecule has 0 spiro atoms. The normalized spacial score (nSPS) is 11.2. The average Bonchev–Trinajstić information content (AvgIpc) is 3.22. The van der Waals surface area contributed by atoms with Crippen LogP contribution in [-0.4, -0.2) is 40.1 Å². The summed E-state index contributed by atoms with van der Waals surface area (Å²) < 4.78 is 1.79. The van der Waals surface area contributed by atoms with Crippen LogP contribution < -0.4 is 0 Å². The molecule has 0 aliphatic rings. The van der Waals surface area contributed by atoms with Gasteiger partial charge in [0, 0.05) is 0 Å². The molecule has 0 aliphatic heterocycles. The van der Waals surface area contributed by atoms with Gasteiger partial charge in [0.15, 0.2) is 11.5 Å². The van der Waals surface area contributed by atoms with Gasteiger partial charge in [-0.3, -0.25) is 0 Å². The molecule has 0 bridgehead atoms. The van der Waals surface area contributed by atoms with Crippen molar-refractivity contribution in [1.29, 1.82) is 0 Å². The molecule has 0 atom stereocenters. The monoisotopic (exact) mass is 338 g/mol. The van der Waals surface area contributed by atoms with Crippen LogP contribution in [0.1, 0.15) is 17.0 Å². The Morgan fingerprint density at radius 3 is 2.79 bits per heavy atom. The van der Waals surface area contributed by atoms with Crippen LogP contribution in [0.4, 0.5) is 0 Å². The number of thioether (sulfide) groups is 1. The smallest absolute Gasteiger partial charge is 0.181 e. The average molecular weight is 338 g/mol. The zero-order valence-electron chi connectivity index (χ0n) is 13.1. The highest BCUT2D eigenvalue weighted by Crippen LogP contribution is 2.26. The molecule has 3 heterocycles. The number of para-hydroxylation sites is 1. The van der Waals surface area contributed by atoms with E-state index in [4.69, 9.17) is 0 Å². The standard InChI is InChI=1S/C15H14N8S/c1-9-4-3-5-10(2)13(9)23-11(20-21-22-23)6-24-15-12-14(17-7-16-12)18-8-19-15/h3-5,7-8H,6H2,1-2H3,(H,16,17,18,19). The fraction of sp³-hybridized carbons (Fsp3) is 0.200. The van der Waals surface area contributed by atoms with Crippen LogP contribution in [0.25, 0.3) is 16.9 Å². The summed E-state index contributed by atoms with van der Waals surface area (Å²) >= 11 is 1.55. The Hall–Kier alpha value is -2.81. The molecular formula is C15H14N8S. The number of hydrogen-bond donors (Lipinski definition) is 1. The number of nitrogens with one attached hydrogen (secondary N) is 1. The number of rotatable bonds is 4. The predicted octanol–water partition coefficient (Wildman–Crippen LogP) is 2.24. The molecule has 0 saturated heterocycles. The predicted molar refractivity (Wildman–Crippen MR) is 89.9 cm³/mol. The lowest BCUT2D eigenvalue weighted by Crippen LogP contribution is -2.06. The summed E-state index contributed by atoms with van der Waals surface area (Å²) in [5.74, 6) is 1.36. The molecule has 0 radical (unpaired) electrons. The van der Waals surface area contributed by atoms with E-state index >= 15 is 0 Å². The second-order valence-electron chi connectivity index (χ2n) is 5.32. The van der Waals surface area contributed by atoms with Crippen molar-refractivity contribution >= 4 is 22.9 Å². The molecule has 3 aromatic heterocycles. The van der Waals surface area contributed by atoms with Crippen molar-refractivity contribution in [3.63, 3.8) is 0 Å². The van der Waals surface area contributed by atoms with Gasteiger partial charge in [0.25, 0.3) is 0 Å². The quantitative estimate of drug-likeness (QED) is 0.450. The van der Waals surface area contributed by atoms with Gasteiger partial charge in [-0.05, 0) is 35.4 Å². The lowest BCUT2D eigenvalue weighted by molar-refractivity contribution is 0.769. The second-order valence-corrected chi connectivity index (χ2v) is 6.28. The number of imidazole rings is 1. The highest BCUT2D eigenvalue weighted by Gasteiger charge is 2.14. The molecule has 1 aromatic carbocycles. The number of nitrogens with zero attached hydrogens (tertiary/aromatic N) is 7. The van der Waals surface area contributed by atoms with E-state index in [0.29, 0.717) is 11.4 Å². The van der Waals surface area contributed by atoms with Gasteiger partial charge >= 0.3 is 0 Å². The van der Waals surface area contributed by atoms with E-state index in [1.807, 2.05) is 6.07 Å². The molecule has 120 valence electrons. The maximum absolute atomic E-state index is 4.32. The fourth-order valence-corrected chi connectivity index (χ4v) is 3.46. The van der Waals surface area contributed by atoms with Crippen molar-refractivity contribution in [3.05, 3.63) is 47.8 Å². The summed E-state index contributed by atoms with van der Waals surface area (Å²) in [7, 11) is 0. The number of fused-ring (bicyclic) bond motifs is 1. The van der Waals surface area contributed by atoms with Crippen LogP contribution in [0.2, 0.25) is 0 Å². The SMILES string of the molecule is Cc1cccc(C)c1-n1nnnc1CSc1ncnc2nc[nH]c12. The number of aryl methyl sites for hydroxylation is 2. The van der Waals surface area contributed by atoms with Crippen LogP contribution in [0.3, 0.4) is 0 Å². The van der Waals surface area contributed by atoms with Crippen molar-refractivity contribution in [2.75, 3.05) is 0 Å². The number of aromatic nitrogens is 8. The number of benzene rings is 1. The topological polar surface area (TPSA) is 98.1 Å². The van der Waals surface area contributed by atoms with Crippen molar-refractivity contribution in [1.82, 2.24) is 40.1 Å². The summed E-state index contributed by atoms with van der Waals surface area (Å²) in [6.07, 6.45) is 3.13. The minimum Gasteiger partial charge on any atom is -0.341 e. The van der Waals surface area contributed by atoms with Crippen LogP contribution in [0, 0.1) is 13.8 Å². The van der Waals surface area contributed by atoms with E-state index in [2.05, 4.69) is 61.4 Å². The molecule has 0 fully saturated rings. The molecule has 4 rings (SSSR count). The molecule has 8 nitrogen and oxygen atoms in total.